The Hall–Kier alpha value is -2.96. The maximum absolute atomic E-state index is 12.0. The molecule has 1 aromatic heterocycles. The Morgan fingerprint density at radius 2 is 1.59 bits per heavy atom. The number of nitrogens with one attached hydrogen (secondary N) is 4. The van der Waals surface area contributed by atoms with E-state index in [9.17, 15) is 8.42 Å². The van der Waals surface area contributed by atoms with Crippen molar-refractivity contribution in [1.29, 1.82) is 0 Å². The van der Waals surface area contributed by atoms with Gasteiger partial charge in [-0.05, 0) is 61.9 Å². The van der Waals surface area contributed by atoms with Gasteiger partial charge >= 0.3 is 0 Å². The highest BCUT2D eigenvalue weighted by Gasteiger charge is 2.26. The molecule has 1 aliphatic heterocycles. The molecule has 0 unspecified atom stereocenters. The molecule has 4 N–H and O–H groups in total. The van der Waals surface area contributed by atoms with Crippen molar-refractivity contribution in [1.82, 2.24) is 24.3 Å². The van der Waals surface area contributed by atoms with Crippen LogP contribution in [0.25, 0.3) is 0 Å². The van der Waals surface area contributed by atoms with Crippen molar-refractivity contribution < 1.29 is 8.42 Å². The molecule has 2 aromatic carbocycles. The highest BCUT2D eigenvalue weighted by atomic mass is 35.5. The smallest absolute Gasteiger partial charge is 0.277 e. The van der Waals surface area contributed by atoms with E-state index in [1.807, 2.05) is 36.4 Å². The van der Waals surface area contributed by atoms with Gasteiger partial charge < -0.3 is 20.4 Å². The van der Waals surface area contributed by atoms with Crippen molar-refractivity contribution in [3.63, 3.8) is 0 Å². The third kappa shape index (κ3) is 7.30. The van der Waals surface area contributed by atoms with Gasteiger partial charge in [0.25, 0.3) is 10.2 Å². The summed E-state index contributed by atoms with van der Waals surface area (Å²) >= 11 is 6.34. The minimum atomic E-state index is -3.48. The predicted octanol–water partition coefficient (Wildman–Crippen LogP) is 3.46. The van der Waals surface area contributed by atoms with E-state index >= 15 is 0 Å². The fourth-order valence-corrected chi connectivity index (χ4v) is 5.20. The monoisotopic (exact) mass is 542 g/mol. The maximum Gasteiger partial charge on any atom is 0.277 e. The third-order valence-corrected chi connectivity index (χ3v) is 7.76. The summed E-state index contributed by atoms with van der Waals surface area (Å²) in [4.78, 5) is 13.5. The van der Waals surface area contributed by atoms with E-state index in [2.05, 4.69) is 59.0 Å². The van der Waals surface area contributed by atoms with E-state index in [0.717, 1.165) is 56.0 Å². The molecule has 1 saturated heterocycles. The first-order valence-corrected chi connectivity index (χ1v) is 14.2. The van der Waals surface area contributed by atoms with Crippen molar-refractivity contribution in [3.05, 3.63) is 65.3 Å². The van der Waals surface area contributed by atoms with Gasteiger partial charge in [0, 0.05) is 55.8 Å². The number of nitrogens with zero attached hydrogens (tertiary/aromatic N) is 4. The highest BCUT2D eigenvalue weighted by Crippen LogP contribution is 2.26. The van der Waals surface area contributed by atoms with Crippen LogP contribution in [-0.4, -0.2) is 62.6 Å². The van der Waals surface area contributed by atoms with Crippen LogP contribution in [0.5, 0.6) is 0 Å². The van der Waals surface area contributed by atoms with E-state index in [1.54, 1.807) is 6.20 Å². The number of benzene rings is 2. The van der Waals surface area contributed by atoms with Gasteiger partial charge in [0.05, 0.1) is 6.20 Å². The molecule has 2 fully saturated rings. The Labute approximate surface area is 222 Å². The normalized spacial score (nSPS) is 16.5. The topological polar surface area (TPSA) is 115 Å². The summed E-state index contributed by atoms with van der Waals surface area (Å²) in [6.07, 6.45) is 3.34. The average molecular weight is 543 g/mol. The molecular formula is C25H31ClN8O2S. The molecule has 0 atom stereocenters. The van der Waals surface area contributed by atoms with E-state index in [-0.39, 0.29) is 12.6 Å². The average Bonchev–Trinajstić information content (AvgIpc) is 3.70. The molecule has 5 rings (SSSR count). The van der Waals surface area contributed by atoms with Gasteiger partial charge in [0.2, 0.25) is 5.95 Å². The Bertz CT molecular complexity index is 1310. The van der Waals surface area contributed by atoms with Crippen LogP contribution >= 0.6 is 11.6 Å². The third-order valence-electron chi connectivity index (χ3n) is 6.32. The van der Waals surface area contributed by atoms with Gasteiger partial charge in [0.1, 0.15) is 5.02 Å². The first-order chi connectivity index (χ1) is 17.8. The summed E-state index contributed by atoms with van der Waals surface area (Å²) in [5.74, 6) is 0.892. The number of piperazine rings is 1. The van der Waals surface area contributed by atoms with E-state index in [4.69, 9.17) is 11.6 Å². The molecule has 2 aliphatic rings. The zero-order valence-electron chi connectivity index (χ0n) is 20.6. The second-order valence-electron chi connectivity index (χ2n) is 9.39. The number of hydrogen-bond donors (Lipinski definition) is 4. The maximum atomic E-state index is 12.0. The lowest BCUT2D eigenvalue weighted by molar-refractivity contribution is 0.313. The summed E-state index contributed by atoms with van der Waals surface area (Å²) < 4.78 is 29.1. The lowest BCUT2D eigenvalue weighted by atomic mass is 10.2. The summed E-state index contributed by atoms with van der Waals surface area (Å²) in [6, 6.07) is 15.7. The Morgan fingerprint density at radius 3 is 2.27 bits per heavy atom. The molecule has 196 valence electrons. The highest BCUT2D eigenvalue weighted by molar-refractivity contribution is 7.87. The molecule has 1 saturated carbocycles. The number of hydrogen-bond acceptors (Lipinski definition) is 8. The van der Waals surface area contributed by atoms with Crippen LogP contribution in [0.4, 0.5) is 28.8 Å². The summed E-state index contributed by atoms with van der Waals surface area (Å²) in [6.45, 7) is 4.37. The quantitative estimate of drug-likeness (QED) is 0.308. The van der Waals surface area contributed by atoms with E-state index in [1.165, 1.54) is 5.69 Å². The van der Waals surface area contributed by atoms with Crippen LogP contribution in [-0.2, 0) is 16.8 Å². The van der Waals surface area contributed by atoms with Crippen LogP contribution in [0.15, 0.2) is 54.7 Å². The SMILES string of the molecule is CN1CCN(c2ccc(Nc3ncc(Cl)c(Nc4ccc(CNS(=O)(=O)NC5CC5)cc4)n3)cc2)CC1. The van der Waals surface area contributed by atoms with Crippen molar-refractivity contribution in [2.75, 3.05) is 48.8 Å². The Kier molecular flexibility index (Phi) is 7.77. The van der Waals surface area contributed by atoms with Crippen molar-refractivity contribution in [3.8, 4) is 0 Å². The second-order valence-corrected chi connectivity index (χ2v) is 11.3. The van der Waals surface area contributed by atoms with Gasteiger partial charge in [-0.2, -0.15) is 22.8 Å². The molecule has 2 heterocycles. The molecule has 37 heavy (non-hydrogen) atoms. The molecule has 12 heteroatoms. The molecule has 0 radical (unpaired) electrons. The molecule has 3 aromatic rings. The summed E-state index contributed by atoms with van der Waals surface area (Å²) in [5.41, 5.74) is 3.69. The number of halogens is 1. The second kappa shape index (κ2) is 11.2. The standard InChI is InChI=1S/C25H31ClN8O2S/c1-33-12-14-34(15-13-33)22-10-8-20(9-11-22)30-25-27-17-23(26)24(31-25)29-19-4-2-18(3-5-19)16-28-37(35,36)32-21-6-7-21/h2-5,8-11,17,21,28,32H,6-7,12-16H2,1H3,(H2,27,29,30,31). The lowest BCUT2D eigenvalue weighted by Gasteiger charge is -2.34. The lowest BCUT2D eigenvalue weighted by Crippen LogP contribution is -2.44. The largest absolute Gasteiger partial charge is 0.369 e. The van der Waals surface area contributed by atoms with Crippen LogP contribution in [0.2, 0.25) is 5.02 Å². The van der Waals surface area contributed by atoms with Gasteiger partial charge in [-0.15, -0.1) is 0 Å². The fourth-order valence-electron chi connectivity index (χ4n) is 3.95. The van der Waals surface area contributed by atoms with Crippen molar-refractivity contribution in [2.24, 2.45) is 0 Å². The van der Waals surface area contributed by atoms with Crippen molar-refractivity contribution >= 4 is 50.6 Å². The van der Waals surface area contributed by atoms with Crippen molar-refractivity contribution in [2.45, 2.75) is 25.4 Å². The number of rotatable bonds is 10. The number of anilines is 5. The Morgan fingerprint density at radius 1 is 0.946 bits per heavy atom. The predicted molar refractivity (Wildman–Crippen MR) is 148 cm³/mol. The summed E-state index contributed by atoms with van der Waals surface area (Å²) in [5, 5.41) is 6.82. The first kappa shape index (κ1) is 25.7. The molecule has 10 nitrogen and oxygen atoms in total. The number of likely N-dealkylation sites (N-methyl/N-ethyl adjacent to an activating group) is 1. The van der Waals surface area contributed by atoms with Crippen LogP contribution in [0.3, 0.4) is 0 Å². The first-order valence-electron chi connectivity index (χ1n) is 12.3. The van der Waals surface area contributed by atoms with Crippen LogP contribution in [0.1, 0.15) is 18.4 Å². The molecule has 0 bridgehead atoms. The fraction of sp³-hybridized carbons (Fsp3) is 0.360. The number of aromatic nitrogens is 2. The van der Waals surface area contributed by atoms with Crippen LogP contribution in [0, 0.1) is 0 Å². The van der Waals surface area contributed by atoms with E-state index < -0.39 is 10.2 Å². The zero-order valence-corrected chi connectivity index (χ0v) is 22.2. The zero-order chi connectivity index (χ0) is 25.8. The minimum absolute atomic E-state index is 0.0718. The molecular weight excluding hydrogens is 512 g/mol. The molecule has 0 spiro atoms. The van der Waals surface area contributed by atoms with Gasteiger partial charge in [-0.3, -0.25) is 0 Å². The molecule has 1 aliphatic carbocycles. The van der Waals surface area contributed by atoms with Crippen LogP contribution < -0.4 is 25.0 Å². The minimum Gasteiger partial charge on any atom is -0.369 e. The van der Waals surface area contributed by atoms with Gasteiger partial charge in [0.15, 0.2) is 5.82 Å². The molecule has 0 amide bonds. The van der Waals surface area contributed by atoms with E-state index in [0.29, 0.717) is 16.8 Å². The Balaban J connectivity index is 1.18. The summed E-state index contributed by atoms with van der Waals surface area (Å²) in [7, 11) is -1.33. The van der Waals surface area contributed by atoms with Gasteiger partial charge in [-0.25, -0.2) is 4.98 Å². The van der Waals surface area contributed by atoms with Gasteiger partial charge in [-0.1, -0.05) is 23.7 Å².